The molecule has 126 valence electrons. The van der Waals surface area contributed by atoms with Gasteiger partial charge in [0.1, 0.15) is 23.2 Å². The van der Waals surface area contributed by atoms with Crippen molar-refractivity contribution in [1.29, 1.82) is 0 Å². The fourth-order valence-corrected chi connectivity index (χ4v) is 4.90. The van der Waals surface area contributed by atoms with E-state index in [1.807, 2.05) is 13.8 Å². The van der Waals surface area contributed by atoms with Gasteiger partial charge in [-0.15, -0.1) is 16.9 Å². The van der Waals surface area contributed by atoms with Crippen molar-refractivity contribution < 1.29 is 14.0 Å². The van der Waals surface area contributed by atoms with E-state index in [-0.39, 0.29) is 34.4 Å². The maximum Gasteiger partial charge on any atom is 0.249 e. The average molecular weight is 348 g/mol. The van der Waals surface area contributed by atoms with Gasteiger partial charge in [-0.3, -0.25) is 9.59 Å². The Morgan fingerprint density at radius 2 is 2.38 bits per heavy atom. The highest BCUT2D eigenvalue weighted by Gasteiger charge is 2.63. The molecule has 2 aromatic heterocycles. The number of carbonyl (C=O) groups excluding carboxylic acids is 2. The molecule has 0 spiro atoms. The second-order valence-corrected chi connectivity index (χ2v) is 8.12. The number of H-pyrrole nitrogens is 1. The number of aromatic amines is 1. The topological polar surface area (TPSA) is 117 Å². The van der Waals surface area contributed by atoms with Gasteiger partial charge in [0.2, 0.25) is 11.8 Å². The Morgan fingerprint density at radius 1 is 1.54 bits per heavy atom. The van der Waals surface area contributed by atoms with Crippen molar-refractivity contribution >= 4 is 23.6 Å². The number of rotatable bonds is 4. The summed E-state index contributed by atoms with van der Waals surface area (Å²) in [6, 6.07) is 2.69. The van der Waals surface area contributed by atoms with E-state index in [1.54, 1.807) is 28.8 Å². The first-order chi connectivity index (χ1) is 11.5. The van der Waals surface area contributed by atoms with Crippen LogP contribution >= 0.6 is 11.8 Å². The van der Waals surface area contributed by atoms with E-state index in [9.17, 15) is 9.59 Å². The lowest BCUT2D eigenvalue weighted by atomic mass is 9.95. The number of amides is 2. The number of hydrogen-bond donors (Lipinski definition) is 2. The number of tetrazole rings is 1. The number of nitrogens with zero attached hydrogens (tertiary/aromatic N) is 4. The molecule has 2 amide bonds. The van der Waals surface area contributed by atoms with E-state index in [0.717, 1.165) is 0 Å². The summed E-state index contributed by atoms with van der Waals surface area (Å²) < 4.78 is 4.90. The van der Waals surface area contributed by atoms with Crippen molar-refractivity contribution in [1.82, 2.24) is 30.8 Å². The first-order valence-corrected chi connectivity index (χ1v) is 8.41. The third-order valence-corrected chi connectivity index (χ3v) is 5.86. The van der Waals surface area contributed by atoms with Gasteiger partial charge in [0.25, 0.3) is 0 Å². The van der Waals surface area contributed by atoms with E-state index in [0.29, 0.717) is 11.6 Å². The molecule has 4 heterocycles. The molecular formula is C14H16N6O3S. The molecular weight excluding hydrogens is 332 g/mol. The summed E-state index contributed by atoms with van der Waals surface area (Å²) in [5, 5.41) is 16.6. The van der Waals surface area contributed by atoms with Gasteiger partial charge in [0, 0.05) is 4.75 Å². The zero-order chi connectivity index (χ0) is 16.9. The predicted octanol–water partition coefficient (Wildman–Crippen LogP) is 0.255. The van der Waals surface area contributed by atoms with Crippen LogP contribution in [0.1, 0.15) is 31.5 Å². The summed E-state index contributed by atoms with van der Waals surface area (Å²) in [5.41, 5.74) is 0. The van der Waals surface area contributed by atoms with Crippen molar-refractivity contribution in [2.75, 3.05) is 0 Å². The minimum absolute atomic E-state index is 0.118. The molecule has 0 aliphatic carbocycles. The summed E-state index contributed by atoms with van der Waals surface area (Å²) >= 11 is 1.64. The first kappa shape index (κ1) is 15.2. The lowest BCUT2D eigenvalue weighted by Crippen LogP contribution is -2.68. The van der Waals surface area contributed by atoms with E-state index in [4.69, 9.17) is 4.42 Å². The zero-order valence-corrected chi connectivity index (χ0v) is 13.9. The van der Waals surface area contributed by atoms with Crippen LogP contribution in [0.15, 0.2) is 22.8 Å². The number of thioether (sulfide) groups is 1. The Morgan fingerprint density at radius 3 is 3.04 bits per heavy atom. The van der Waals surface area contributed by atoms with E-state index >= 15 is 0 Å². The Labute approximate surface area is 141 Å². The smallest absolute Gasteiger partial charge is 0.249 e. The van der Waals surface area contributed by atoms with Crippen LogP contribution in [0.5, 0.6) is 0 Å². The molecule has 2 aromatic rings. The Hall–Kier alpha value is -2.36. The highest BCUT2D eigenvalue weighted by atomic mass is 32.2. The number of hydrogen-bond acceptors (Lipinski definition) is 7. The molecule has 24 heavy (non-hydrogen) atoms. The quantitative estimate of drug-likeness (QED) is 0.761. The van der Waals surface area contributed by atoms with Crippen LogP contribution in [-0.2, 0) is 16.0 Å². The largest absolute Gasteiger partial charge is 0.469 e. The molecule has 2 aliphatic heterocycles. The minimum atomic E-state index is -0.530. The predicted molar refractivity (Wildman–Crippen MR) is 83.6 cm³/mol. The monoisotopic (exact) mass is 348 g/mol. The second kappa shape index (κ2) is 5.33. The molecule has 10 heteroatoms. The lowest BCUT2D eigenvalue weighted by molar-refractivity contribution is -0.151. The summed E-state index contributed by atoms with van der Waals surface area (Å²) in [4.78, 5) is 26.4. The van der Waals surface area contributed by atoms with Gasteiger partial charge in [0.15, 0.2) is 5.82 Å². The molecule has 2 unspecified atom stereocenters. The van der Waals surface area contributed by atoms with E-state index in [2.05, 4.69) is 25.9 Å². The second-order valence-electron chi connectivity index (χ2n) is 6.35. The first-order valence-electron chi connectivity index (χ1n) is 7.53. The molecule has 9 nitrogen and oxygen atoms in total. The van der Waals surface area contributed by atoms with Crippen LogP contribution in [-0.4, -0.2) is 53.5 Å². The normalized spacial score (nSPS) is 27.7. The molecule has 2 N–H and O–H groups in total. The third kappa shape index (κ3) is 2.29. The minimum Gasteiger partial charge on any atom is -0.469 e. The Balaban J connectivity index is 1.48. The number of aromatic nitrogens is 4. The fourth-order valence-electron chi connectivity index (χ4n) is 3.27. The van der Waals surface area contributed by atoms with Crippen LogP contribution in [0.2, 0.25) is 0 Å². The van der Waals surface area contributed by atoms with Gasteiger partial charge in [-0.1, -0.05) is 0 Å². The lowest BCUT2D eigenvalue weighted by Gasteiger charge is -2.44. The number of carbonyl (C=O) groups is 2. The van der Waals surface area contributed by atoms with Crippen LogP contribution < -0.4 is 5.32 Å². The summed E-state index contributed by atoms with van der Waals surface area (Å²) in [6.45, 7) is 4.08. The number of nitrogens with one attached hydrogen (secondary N) is 2. The standard InChI is InChI=1S/C14H16N6O3S/c1-14(2)10(11-16-18-19-17-11)20-12(22)9(13(20)24-14)15-8(21)6-7-4-3-5-23-7/h3-5,9-10,13H,6H2,1-2H3,(H,15,21)(H,16,17,18,19)/t9?,10?,13-/m0/s1. The number of furan rings is 1. The Kier molecular flexibility index (Phi) is 3.37. The van der Waals surface area contributed by atoms with Gasteiger partial charge in [-0.05, 0) is 36.4 Å². The van der Waals surface area contributed by atoms with Crippen molar-refractivity contribution in [2.24, 2.45) is 0 Å². The average Bonchev–Trinajstić information content (AvgIpc) is 3.24. The molecule has 0 saturated carbocycles. The van der Waals surface area contributed by atoms with Crippen LogP contribution in [0.3, 0.4) is 0 Å². The third-order valence-electron chi connectivity index (χ3n) is 4.29. The van der Waals surface area contributed by atoms with Crippen molar-refractivity contribution in [3.05, 3.63) is 30.0 Å². The molecule has 0 aromatic carbocycles. The highest BCUT2D eigenvalue weighted by Crippen LogP contribution is 2.56. The molecule has 2 saturated heterocycles. The Bertz CT molecular complexity index is 760. The maximum absolute atomic E-state index is 12.6. The number of β-lactam (4-membered cyclic amide) rings is 1. The van der Waals surface area contributed by atoms with Crippen molar-refractivity contribution in [3.8, 4) is 0 Å². The molecule has 4 rings (SSSR count). The maximum atomic E-state index is 12.6. The van der Waals surface area contributed by atoms with Crippen LogP contribution in [0.4, 0.5) is 0 Å². The molecule has 0 bridgehead atoms. The molecule has 3 atom stereocenters. The van der Waals surface area contributed by atoms with Gasteiger partial charge in [-0.25, -0.2) is 5.10 Å². The van der Waals surface area contributed by atoms with E-state index < -0.39 is 6.04 Å². The van der Waals surface area contributed by atoms with Gasteiger partial charge >= 0.3 is 0 Å². The molecule has 2 aliphatic rings. The fraction of sp³-hybridized carbons (Fsp3) is 0.500. The summed E-state index contributed by atoms with van der Waals surface area (Å²) in [7, 11) is 0. The van der Waals surface area contributed by atoms with Gasteiger partial charge in [-0.2, -0.15) is 0 Å². The summed E-state index contributed by atoms with van der Waals surface area (Å²) in [5.74, 6) is 0.781. The summed E-state index contributed by atoms with van der Waals surface area (Å²) in [6.07, 6.45) is 1.64. The van der Waals surface area contributed by atoms with E-state index in [1.165, 1.54) is 6.26 Å². The zero-order valence-electron chi connectivity index (χ0n) is 13.1. The van der Waals surface area contributed by atoms with Crippen LogP contribution in [0.25, 0.3) is 0 Å². The highest BCUT2D eigenvalue weighted by molar-refractivity contribution is 8.01. The molecule has 0 radical (unpaired) electrons. The number of fused-ring (bicyclic) bond motifs is 1. The van der Waals surface area contributed by atoms with Crippen molar-refractivity contribution in [3.63, 3.8) is 0 Å². The van der Waals surface area contributed by atoms with Gasteiger partial charge in [0.05, 0.1) is 12.7 Å². The molecule has 2 fully saturated rings. The van der Waals surface area contributed by atoms with Crippen molar-refractivity contribution in [2.45, 2.75) is 42.5 Å². The van der Waals surface area contributed by atoms with Crippen LogP contribution in [0, 0.1) is 0 Å². The SMILES string of the molecule is CC1(C)S[C@H]2C(NC(=O)Cc3ccco3)C(=O)N2C1c1nnn[nH]1. The van der Waals surface area contributed by atoms with Gasteiger partial charge < -0.3 is 14.6 Å².